The van der Waals surface area contributed by atoms with Gasteiger partial charge < -0.3 is 14.6 Å². The molecule has 1 aromatic rings. The Labute approximate surface area is 114 Å². The zero-order chi connectivity index (χ0) is 12.8. The Balaban J connectivity index is 1.60. The van der Waals surface area contributed by atoms with Gasteiger partial charge >= 0.3 is 0 Å². The molecule has 0 aliphatic carbocycles. The van der Waals surface area contributed by atoms with Crippen molar-refractivity contribution in [1.29, 1.82) is 0 Å². The molecular formula is C14H23ClN2O. The minimum atomic E-state index is 0.466. The first kappa shape index (κ1) is 13.9. The van der Waals surface area contributed by atoms with Crippen molar-refractivity contribution in [3.8, 4) is 0 Å². The number of nitrogens with one attached hydrogen (secondary N) is 1. The van der Waals surface area contributed by atoms with Gasteiger partial charge in [0.2, 0.25) is 0 Å². The van der Waals surface area contributed by atoms with E-state index in [-0.39, 0.29) is 0 Å². The number of piperidine rings is 1. The van der Waals surface area contributed by atoms with E-state index >= 15 is 0 Å². The van der Waals surface area contributed by atoms with Crippen LogP contribution in [0.5, 0.6) is 0 Å². The Morgan fingerprint density at radius 1 is 1.33 bits per heavy atom. The summed E-state index contributed by atoms with van der Waals surface area (Å²) in [4.78, 5) is 2.58. The lowest BCUT2D eigenvalue weighted by Gasteiger charge is -2.29. The molecule has 2 heterocycles. The van der Waals surface area contributed by atoms with E-state index in [0.717, 1.165) is 18.8 Å². The van der Waals surface area contributed by atoms with Crippen molar-refractivity contribution in [3.63, 3.8) is 0 Å². The molecule has 1 aromatic heterocycles. The van der Waals surface area contributed by atoms with Crippen LogP contribution >= 0.6 is 11.6 Å². The zero-order valence-corrected chi connectivity index (χ0v) is 11.9. The molecule has 4 heteroatoms. The SMILES string of the molecule is CC(CNCc1ccc(Cl)o1)CN1CCCCC1. The Hall–Kier alpha value is -0.510. The highest BCUT2D eigenvalue weighted by Crippen LogP contribution is 2.13. The summed E-state index contributed by atoms with van der Waals surface area (Å²) in [6, 6.07) is 3.71. The van der Waals surface area contributed by atoms with Crippen LogP contribution in [0.1, 0.15) is 31.9 Å². The average molecular weight is 271 g/mol. The normalized spacial score (nSPS) is 19.0. The first-order chi connectivity index (χ1) is 8.74. The maximum absolute atomic E-state index is 5.73. The molecule has 1 fully saturated rings. The third kappa shape index (κ3) is 4.63. The quantitative estimate of drug-likeness (QED) is 0.861. The van der Waals surface area contributed by atoms with Crippen molar-refractivity contribution in [2.45, 2.75) is 32.7 Å². The van der Waals surface area contributed by atoms with Crippen molar-refractivity contribution >= 4 is 11.6 Å². The molecule has 0 spiro atoms. The average Bonchev–Trinajstić information content (AvgIpc) is 2.76. The van der Waals surface area contributed by atoms with Crippen molar-refractivity contribution in [2.24, 2.45) is 5.92 Å². The molecule has 3 nitrogen and oxygen atoms in total. The highest BCUT2D eigenvalue weighted by molar-refractivity contribution is 6.28. The smallest absolute Gasteiger partial charge is 0.193 e. The monoisotopic (exact) mass is 270 g/mol. The fraction of sp³-hybridized carbons (Fsp3) is 0.714. The Bertz CT molecular complexity index is 347. The lowest BCUT2D eigenvalue weighted by atomic mass is 10.1. The van der Waals surface area contributed by atoms with E-state index in [2.05, 4.69) is 17.1 Å². The summed E-state index contributed by atoms with van der Waals surface area (Å²) in [5, 5.41) is 3.89. The summed E-state index contributed by atoms with van der Waals surface area (Å²) in [6.45, 7) is 7.84. The molecule has 0 aromatic carbocycles. The topological polar surface area (TPSA) is 28.4 Å². The third-order valence-corrected chi connectivity index (χ3v) is 3.64. The fourth-order valence-electron chi connectivity index (χ4n) is 2.54. The van der Waals surface area contributed by atoms with Crippen LogP contribution in [0.2, 0.25) is 5.22 Å². The van der Waals surface area contributed by atoms with Gasteiger partial charge in [-0.25, -0.2) is 0 Å². The van der Waals surface area contributed by atoms with Crippen LogP contribution in [0.3, 0.4) is 0 Å². The first-order valence-corrected chi connectivity index (χ1v) is 7.29. The van der Waals surface area contributed by atoms with Crippen LogP contribution in [0, 0.1) is 5.92 Å². The number of rotatable bonds is 6. The standard InChI is InChI=1S/C14H23ClN2O/c1-12(11-17-7-3-2-4-8-17)9-16-10-13-5-6-14(15)18-13/h5-6,12,16H,2-4,7-11H2,1H3. The molecule has 2 rings (SSSR count). The van der Waals surface area contributed by atoms with E-state index in [0.29, 0.717) is 11.1 Å². The van der Waals surface area contributed by atoms with Gasteiger partial charge in [0.05, 0.1) is 6.54 Å². The lowest BCUT2D eigenvalue weighted by Crippen LogP contribution is -2.36. The van der Waals surface area contributed by atoms with Crippen molar-refractivity contribution in [2.75, 3.05) is 26.2 Å². The molecule has 1 atom stereocenters. The van der Waals surface area contributed by atoms with Crippen LogP contribution in [0.15, 0.2) is 16.5 Å². The number of likely N-dealkylation sites (tertiary alicyclic amines) is 1. The highest BCUT2D eigenvalue weighted by Gasteiger charge is 2.13. The first-order valence-electron chi connectivity index (χ1n) is 6.91. The maximum Gasteiger partial charge on any atom is 0.193 e. The second-order valence-electron chi connectivity index (χ2n) is 5.30. The van der Waals surface area contributed by atoms with Gasteiger partial charge in [-0.3, -0.25) is 0 Å². The predicted molar refractivity (Wildman–Crippen MR) is 74.9 cm³/mol. The van der Waals surface area contributed by atoms with Crippen LogP contribution in [0.4, 0.5) is 0 Å². The van der Waals surface area contributed by atoms with E-state index in [9.17, 15) is 0 Å². The van der Waals surface area contributed by atoms with E-state index in [1.807, 2.05) is 6.07 Å². The van der Waals surface area contributed by atoms with E-state index in [1.165, 1.54) is 38.9 Å². The lowest BCUT2D eigenvalue weighted by molar-refractivity contribution is 0.198. The largest absolute Gasteiger partial charge is 0.448 e. The van der Waals surface area contributed by atoms with Crippen molar-refractivity contribution in [3.05, 3.63) is 23.1 Å². The molecule has 1 aliphatic rings. The summed E-state index contributed by atoms with van der Waals surface area (Å²) in [5.41, 5.74) is 0. The number of hydrogen-bond acceptors (Lipinski definition) is 3. The van der Waals surface area contributed by atoms with Crippen LogP contribution in [0.25, 0.3) is 0 Å². The number of furan rings is 1. The second-order valence-corrected chi connectivity index (χ2v) is 5.68. The van der Waals surface area contributed by atoms with E-state index in [1.54, 1.807) is 6.07 Å². The highest BCUT2D eigenvalue weighted by atomic mass is 35.5. The van der Waals surface area contributed by atoms with Gasteiger partial charge in [-0.2, -0.15) is 0 Å². The molecule has 0 saturated carbocycles. The van der Waals surface area contributed by atoms with Gasteiger partial charge in [0, 0.05) is 6.54 Å². The molecular weight excluding hydrogens is 248 g/mol. The summed E-state index contributed by atoms with van der Waals surface area (Å²) < 4.78 is 5.31. The molecule has 0 radical (unpaired) electrons. The molecule has 1 aliphatic heterocycles. The number of nitrogens with zero attached hydrogens (tertiary/aromatic N) is 1. The van der Waals surface area contributed by atoms with E-state index < -0.39 is 0 Å². The third-order valence-electron chi connectivity index (χ3n) is 3.44. The van der Waals surface area contributed by atoms with Crippen LogP contribution < -0.4 is 5.32 Å². The Morgan fingerprint density at radius 2 is 2.11 bits per heavy atom. The predicted octanol–water partition coefficient (Wildman–Crippen LogP) is 3.14. The molecule has 1 N–H and O–H groups in total. The van der Waals surface area contributed by atoms with Gasteiger partial charge in [0.15, 0.2) is 5.22 Å². The summed E-state index contributed by atoms with van der Waals surface area (Å²) in [7, 11) is 0. The Morgan fingerprint density at radius 3 is 2.78 bits per heavy atom. The Kier molecular flexibility index (Phi) is 5.54. The molecule has 1 saturated heterocycles. The summed E-state index contributed by atoms with van der Waals surface area (Å²) in [5.74, 6) is 1.58. The number of halogens is 1. The minimum Gasteiger partial charge on any atom is -0.448 e. The van der Waals surface area contributed by atoms with Crippen molar-refractivity contribution < 1.29 is 4.42 Å². The summed E-state index contributed by atoms with van der Waals surface area (Å²) >= 11 is 5.73. The summed E-state index contributed by atoms with van der Waals surface area (Å²) in [6.07, 6.45) is 4.14. The molecule has 0 amide bonds. The maximum atomic E-state index is 5.73. The molecule has 18 heavy (non-hydrogen) atoms. The second kappa shape index (κ2) is 7.17. The molecule has 102 valence electrons. The van der Waals surface area contributed by atoms with Crippen molar-refractivity contribution in [1.82, 2.24) is 10.2 Å². The van der Waals surface area contributed by atoms with Gasteiger partial charge in [0.25, 0.3) is 0 Å². The van der Waals surface area contributed by atoms with Gasteiger partial charge in [0.1, 0.15) is 5.76 Å². The fourth-order valence-corrected chi connectivity index (χ4v) is 2.70. The molecule has 1 unspecified atom stereocenters. The van der Waals surface area contributed by atoms with Gasteiger partial charge in [-0.05, 0) is 62.1 Å². The zero-order valence-electron chi connectivity index (χ0n) is 11.1. The number of hydrogen-bond donors (Lipinski definition) is 1. The van der Waals surface area contributed by atoms with Crippen LogP contribution in [-0.2, 0) is 6.54 Å². The minimum absolute atomic E-state index is 0.466. The van der Waals surface area contributed by atoms with E-state index in [4.69, 9.17) is 16.0 Å². The van der Waals surface area contributed by atoms with Crippen LogP contribution in [-0.4, -0.2) is 31.1 Å². The van der Waals surface area contributed by atoms with Gasteiger partial charge in [-0.15, -0.1) is 0 Å². The van der Waals surface area contributed by atoms with Gasteiger partial charge in [-0.1, -0.05) is 13.3 Å². The molecule has 0 bridgehead atoms.